The van der Waals surface area contributed by atoms with Gasteiger partial charge in [-0.3, -0.25) is 4.72 Å². The molecule has 0 aliphatic heterocycles. The van der Waals surface area contributed by atoms with Gasteiger partial charge in [0.25, 0.3) is 10.0 Å². The third kappa shape index (κ3) is 3.12. The summed E-state index contributed by atoms with van der Waals surface area (Å²) in [5, 5.41) is 9.31. The number of anilines is 1. The lowest BCUT2D eigenvalue weighted by atomic mass is 10.3. The number of aliphatic hydroxyl groups is 1. The molecule has 2 aromatic rings. The maximum absolute atomic E-state index is 13.5. The Morgan fingerprint density at radius 2 is 2.10 bits per heavy atom. The summed E-state index contributed by atoms with van der Waals surface area (Å²) in [6.07, 6.45) is 0. The second kappa shape index (κ2) is 5.69. The Morgan fingerprint density at radius 1 is 1.40 bits per heavy atom. The van der Waals surface area contributed by atoms with Gasteiger partial charge in [-0.2, -0.15) is 0 Å². The smallest absolute Gasteiger partial charge is 0.271 e. The SMILES string of the molecule is Cc1cc(S(=O)(=O)Nc2cc(Cl)ccc2F)sc1CO. The van der Waals surface area contributed by atoms with Crippen molar-refractivity contribution in [3.05, 3.63) is 45.5 Å². The number of sulfonamides is 1. The van der Waals surface area contributed by atoms with Crippen LogP contribution >= 0.6 is 22.9 Å². The van der Waals surface area contributed by atoms with E-state index in [9.17, 15) is 12.8 Å². The Bertz CT molecular complexity index is 743. The largest absolute Gasteiger partial charge is 0.391 e. The van der Waals surface area contributed by atoms with E-state index in [0.29, 0.717) is 10.4 Å². The molecule has 2 rings (SSSR count). The second-order valence-corrected chi connectivity index (χ2v) is 7.54. The molecule has 0 saturated heterocycles. The lowest BCUT2D eigenvalue weighted by Gasteiger charge is -2.07. The molecule has 0 spiro atoms. The van der Waals surface area contributed by atoms with Crippen molar-refractivity contribution in [1.29, 1.82) is 0 Å². The Balaban J connectivity index is 2.37. The molecule has 0 aliphatic rings. The molecule has 2 N–H and O–H groups in total. The molecule has 0 atom stereocenters. The summed E-state index contributed by atoms with van der Waals surface area (Å²) >= 11 is 6.65. The van der Waals surface area contributed by atoms with Crippen LogP contribution < -0.4 is 4.72 Å². The molecule has 0 fully saturated rings. The zero-order valence-corrected chi connectivity index (χ0v) is 12.7. The minimum Gasteiger partial charge on any atom is -0.391 e. The average Bonchev–Trinajstić information content (AvgIpc) is 2.76. The highest BCUT2D eigenvalue weighted by Crippen LogP contribution is 2.29. The van der Waals surface area contributed by atoms with E-state index in [1.54, 1.807) is 6.92 Å². The van der Waals surface area contributed by atoms with Gasteiger partial charge in [0.05, 0.1) is 12.3 Å². The summed E-state index contributed by atoms with van der Waals surface area (Å²) in [5.74, 6) is -0.714. The van der Waals surface area contributed by atoms with Crippen LogP contribution in [0, 0.1) is 12.7 Å². The Labute approximate surface area is 124 Å². The van der Waals surface area contributed by atoms with Crippen LogP contribution in [0.1, 0.15) is 10.4 Å². The van der Waals surface area contributed by atoms with Gasteiger partial charge in [-0.15, -0.1) is 11.3 Å². The van der Waals surface area contributed by atoms with Gasteiger partial charge in [0, 0.05) is 9.90 Å². The van der Waals surface area contributed by atoms with E-state index in [0.717, 1.165) is 17.4 Å². The average molecular weight is 336 g/mol. The van der Waals surface area contributed by atoms with Gasteiger partial charge in [-0.1, -0.05) is 11.6 Å². The number of benzene rings is 1. The zero-order valence-electron chi connectivity index (χ0n) is 10.4. The molecule has 1 aromatic heterocycles. The van der Waals surface area contributed by atoms with Crippen molar-refractivity contribution < 1.29 is 17.9 Å². The van der Waals surface area contributed by atoms with E-state index < -0.39 is 15.8 Å². The van der Waals surface area contributed by atoms with Crippen LogP contribution in [-0.2, 0) is 16.6 Å². The number of aliphatic hydroxyl groups excluding tert-OH is 1. The van der Waals surface area contributed by atoms with Crippen molar-refractivity contribution in [1.82, 2.24) is 0 Å². The van der Waals surface area contributed by atoms with Gasteiger partial charge >= 0.3 is 0 Å². The summed E-state index contributed by atoms with van der Waals surface area (Å²) in [6, 6.07) is 5.04. The van der Waals surface area contributed by atoms with Crippen LogP contribution in [0.25, 0.3) is 0 Å². The molecule has 0 radical (unpaired) electrons. The summed E-state index contributed by atoms with van der Waals surface area (Å²) in [4.78, 5) is 0.553. The minimum absolute atomic E-state index is 0.0124. The molecular formula is C12H11ClFNO3S2. The van der Waals surface area contributed by atoms with Crippen molar-refractivity contribution in [2.45, 2.75) is 17.7 Å². The minimum atomic E-state index is -3.91. The summed E-state index contributed by atoms with van der Waals surface area (Å²) in [6.45, 7) is 1.46. The Hall–Kier alpha value is -1.15. The molecule has 0 unspecified atom stereocenters. The maximum Gasteiger partial charge on any atom is 0.271 e. The van der Waals surface area contributed by atoms with Crippen molar-refractivity contribution in [2.24, 2.45) is 0 Å². The van der Waals surface area contributed by atoms with E-state index in [-0.39, 0.29) is 21.5 Å². The predicted molar refractivity (Wildman–Crippen MR) is 77.2 cm³/mol. The number of thiophene rings is 1. The van der Waals surface area contributed by atoms with Gasteiger partial charge in [0.2, 0.25) is 0 Å². The number of hydrogen-bond donors (Lipinski definition) is 2. The molecule has 0 aliphatic carbocycles. The number of hydrogen-bond acceptors (Lipinski definition) is 4. The standard InChI is InChI=1S/C12H11ClFNO3S2/c1-7-4-12(19-11(7)6-16)20(17,18)15-10-5-8(13)2-3-9(10)14/h2-5,15-16H,6H2,1H3. The quantitative estimate of drug-likeness (QED) is 0.902. The number of nitrogens with one attached hydrogen (secondary N) is 1. The Morgan fingerprint density at radius 3 is 2.70 bits per heavy atom. The number of rotatable bonds is 4. The maximum atomic E-state index is 13.5. The summed E-state index contributed by atoms with van der Waals surface area (Å²) in [5.41, 5.74) is 0.457. The molecular weight excluding hydrogens is 325 g/mol. The summed E-state index contributed by atoms with van der Waals surface area (Å²) < 4.78 is 40.0. The van der Waals surface area contributed by atoms with E-state index in [1.165, 1.54) is 18.2 Å². The van der Waals surface area contributed by atoms with Crippen molar-refractivity contribution in [2.75, 3.05) is 4.72 Å². The first kappa shape index (κ1) is 15.2. The van der Waals surface area contributed by atoms with E-state index in [4.69, 9.17) is 16.7 Å². The lowest BCUT2D eigenvalue weighted by Crippen LogP contribution is -2.12. The highest BCUT2D eigenvalue weighted by Gasteiger charge is 2.20. The van der Waals surface area contributed by atoms with Gasteiger partial charge < -0.3 is 5.11 Å². The fourth-order valence-electron chi connectivity index (χ4n) is 1.55. The van der Waals surface area contributed by atoms with Crippen molar-refractivity contribution in [3.8, 4) is 0 Å². The molecule has 1 aromatic carbocycles. The second-order valence-electron chi connectivity index (χ2n) is 4.06. The first-order valence-electron chi connectivity index (χ1n) is 5.51. The molecule has 108 valence electrons. The van der Waals surface area contributed by atoms with E-state index in [2.05, 4.69) is 4.72 Å². The van der Waals surface area contributed by atoms with Crippen LogP contribution in [-0.4, -0.2) is 13.5 Å². The molecule has 1 heterocycles. The molecule has 20 heavy (non-hydrogen) atoms. The zero-order chi connectivity index (χ0) is 14.9. The van der Waals surface area contributed by atoms with Crippen LogP contribution in [0.3, 0.4) is 0 Å². The highest BCUT2D eigenvalue weighted by atomic mass is 35.5. The monoisotopic (exact) mass is 335 g/mol. The third-order valence-electron chi connectivity index (χ3n) is 2.58. The molecule has 4 nitrogen and oxygen atoms in total. The highest BCUT2D eigenvalue weighted by molar-refractivity contribution is 7.94. The fraction of sp³-hybridized carbons (Fsp3) is 0.167. The topological polar surface area (TPSA) is 66.4 Å². The van der Waals surface area contributed by atoms with Crippen molar-refractivity contribution in [3.63, 3.8) is 0 Å². The van der Waals surface area contributed by atoms with Gasteiger partial charge in [0.1, 0.15) is 10.0 Å². The van der Waals surface area contributed by atoms with E-state index >= 15 is 0 Å². The van der Waals surface area contributed by atoms with E-state index in [1.807, 2.05) is 0 Å². The fourth-order valence-corrected chi connectivity index (χ4v) is 4.23. The van der Waals surface area contributed by atoms with Gasteiger partial charge in [0.15, 0.2) is 0 Å². The number of halogens is 2. The molecule has 0 amide bonds. The summed E-state index contributed by atoms with van der Waals surface area (Å²) in [7, 11) is -3.91. The first-order valence-corrected chi connectivity index (χ1v) is 8.19. The van der Waals surface area contributed by atoms with Crippen LogP contribution in [0.2, 0.25) is 5.02 Å². The van der Waals surface area contributed by atoms with Gasteiger partial charge in [-0.05, 0) is 36.8 Å². The third-order valence-corrected chi connectivity index (χ3v) is 5.88. The number of aryl methyl sites for hydroxylation is 1. The Kier molecular flexibility index (Phi) is 4.33. The van der Waals surface area contributed by atoms with Crippen LogP contribution in [0.15, 0.2) is 28.5 Å². The molecule has 0 bridgehead atoms. The predicted octanol–water partition coefficient (Wildman–Crippen LogP) is 3.14. The van der Waals surface area contributed by atoms with Crippen LogP contribution in [0.4, 0.5) is 10.1 Å². The first-order chi connectivity index (χ1) is 9.33. The van der Waals surface area contributed by atoms with Gasteiger partial charge in [-0.25, -0.2) is 12.8 Å². The normalized spacial score (nSPS) is 11.6. The molecule has 8 heteroatoms. The van der Waals surface area contributed by atoms with Crippen LogP contribution in [0.5, 0.6) is 0 Å². The van der Waals surface area contributed by atoms with Crippen molar-refractivity contribution >= 4 is 38.6 Å². The molecule has 0 saturated carbocycles. The lowest BCUT2D eigenvalue weighted by molar-refractivity contribution is 0.285.